The fraction of sp³-hybridized carbons (Fsp3) is 0.333. The van der Waals surface area contributed by atoms with Gasteiger partial charge in [0, 0.05) is 0 Å². The lowest BCUT2D eigenvalue weighted by atomic mass is 10.1. The maximum atomic E-state index is 12.3. The van der Waals surface area contributed by atoms with Crippen molar-refractivity contribution in [2.45, 2.75) is 32.9 Å². The minimum atomic E-state index is -0.279. The Bertz CT molecular complexity index is 692. The largest absolute Gasteiger partial charge is 0.269 e. The SMILES string of the molecule is CC(C)(C)n1ncnc1CN1C(=O)c2ccccc2C1=O. The number of hydrogen-bond acceptors (Lipinski definition) is 4. The zero-order valence-corrected chi connectivity index (χ0v) is 12.2. The van der Waals surface area contributed by atoms with Gasteiger partial charge in [-0.1, -0.05) is 12.1 Å². The lowest BCUT2D eigenvalue weighted by Crippen LogP contribution is -2.33. The summed E-state index contributed by atoms with van der Waals surface area (Å²) in [5.41, 5.74) is 0.637. The predicted octanol–water partition coefficient (Wildman–Crippen LogP) is 1.83. The predicted molar refractivity (Wildman–Crippen MR) is 75.7 cm³/mol. The molecule has 3 rings (SSSR count). The van der Waals surface area contributed by atoms with E-state index >= 15 is 0 Å². The van der Waals surface area contributed by atoms with Gasteiger partial charge in [0.15, 0.2) is 0 Å². The highest BCUT2D eigenvalue weighted by Crippen LogP contribution is 2.24. The standard InChI is InChI=1S/C15H16N4O2/c1-15(2,3)19-12(16-9-17-19)8-18-13(20)10-6-4-5-7-11(10)14(18)21/h4-7,9H,8H2,1-3H3. The molecule has 1 aromatic heterocycles. The molecule has 0 aliphatic carbocycles. The van der Waals surface area contributed by atoms with Crippen molar-refractivity contribution in [3.8, 4) is 0 Å². The molecule has 0 saturated heterocycles. The number of nitrogens with zero attached hydrogens (tertiary/aromatic N) is 4. The first-order valence-electron chi connectivity index (χ1n) is 6.74. The fourth-order valence-corrected chi connectivity index (χ4v) is 2.46. The molecule has 108 valence electrons. The van der Waals surface area contributed by atoms with Crippen molar-refractivity contribution in [1.29, 1.82) is 0 Å². The molecular weight excluding hydrogens is 268 g/mol. The van der Waals surface area contributed by atoms with E-state index < -0.39 is 0 Å². The average Bonchev–Trinajstić information content (AvgIpc) is 2.99. The van der Waals surface area contributed by atoms with Gasteiger partial charge in [-0.25, -0.2) is 9.67 Å². The summed E-state index contributed by atoms with van der Waals surface area (Å²) < 4.78 is 1.73. The van der Waals surface area contributed by atoms with Gasteiger partial charge in [0.2, 0.25) is 0 Å². The van der Waals surface area contributed by atoms with E-state index in [0.717, 1.165) is 0 Å². The number of hydrogen-bond donors (Lipinski definition) is 0. The van der Waals surface area contributed by atoms with Gasteiger partial charge in [0.05, 0.1) is 23.2 Å². The third kappa shape index (κ3) is 2.12. The molecule has 1 aromatic carbocycles. The molecular formula is C15H16N4O2. The van der Waals surface area contributed by atoms with E-state index in [0.29, 0.717) is 17.0 Å². The molecule has 2 amide bonds. The molecule has 1 aliphatic heterocycles. The van der Waals surface area contributed by atoms with Crippen molar-refractivity contribution in [3.05, 3.63) is 47.5 Å². The molecule has 0 fully saturated rings. The van der Waals surface area contributed by atoms with Crippen molar-refractivity contribution in [2.24, 2.45) is 0 Å². The molecule has 0 N–H and O–H groups in total. The van der Waals surface area contributed by atoms with Crippen LogP contribution >= 0.6 is 0 Å². The number of fused-ring (bicyclic) bond motifs is 1. The quantitative estimate of drug-likeness (QED) is 0.789. The zero-order chi connectivity index (χ0) is 15.2. The van der Waals surface area contributed by atoms with Gasteiger partial charge in [0.1, 0.15) is 12.2 Å². The van der Waals surface area contributed by atoms with E-state index in [1.165, 1.54) is 11.2 Å². The van der Waals surface area contributed by atoms with Crippen LogP contribution in [0, 0.1) is 0 Å². The smallest absolute Gasteiger partial charge is 0.261 e. The van der Waals surface area contributed by atoms with Gasteiger partial charge >= 0.3 is 0 Å². The van der Waals surface area contributed by atoms with Crippen LogP contribution in [-0.4, -0.2) is 31.5 Å². The summed E-state index contributed by atoms with van der Waals surface area (Å²) in [6.07, 6.45) is 1.44. The Balaban J connectivity index is 1.93. The number of imide groups is 1. The van der Waals surface area contributed by atoms with Crippen LogP contribution in [0.2, 0.25) is 0 Å². The van der Waals surface area contributed by atoms with Gasteiger partial charge in [-0.3, -0.25) is 14.5 Å². The number of amides is 2. The van der Waals surface area contributed by atoms with Gasteiger partial charge in [-0.2, -0.15) is 5.10 Å². The van der Waals surface area contributed by atoms with Crippen molar-refractivity contribution >= 4 is 11.8 Å². The van der Waals surface area contributed by atoms with Crippen LogP contribution in [-0.2, 0) is 12.1 Å². The number of rotatable bonds is 2. The maximum absolute atomic E-state index is 12.3. The second kappa shape index (κ2) is 4.51. The number of benzene rings is 1. The Labute approximate surface area is 122 Å². The monoisotopic (exact) mass is 284 g/mol. The lowest BCUT2D eigenvalue weighted by molar-refractivity contribution is 0.0633. The third-order valence-electron chi connectivity index (χ3n) is 3.43. The molecule has 0 atom stereocenters. The molecule has 0 bridgehead atoms. The highest BCUT2D eigenvalue weighted by molar-refractivity contribution is 6.21. The summed E-state index contributed by atoms with van der Waals surface area (Å²) in [6.45, 7) is 6.11. The fourth-order valence-electron chi connectivity index (χ4n) is 2.46. The molecule has 6 heteroatoms. The second-order valence-corrected chi connectivity index (χ2v) is 6.00. The first-order valence-corrected chi connectivity index (χ1v) is 6.74. The summed E-state index contributed by atoms with van der Waals surface area (Å²) in [5, 5.41) is 4.19. The minimum Gasteiger partial charge on any atom is -0.269 e. The Morgan fingerprint density at radius 3 is 2.14 bits per heavy atom. The molecule has 2 aromatic rings. The molecule has 0 saturated carbocycles. The van der Waals surface area contributed by atoms with Gasteiger partial charge in [-0.15, -0.1) is 0 Å². The van der Waals surface area contributed by atoms with Crippen LogP contribution in [0.1, 0.15) is 47.3 Å². The summed E-state index contributed by atoms with van der Waals surface area (Å²) in [4.78, 5) is 30.1. The third-order valence-corrected chi connectivity index (χ3v) is 3.43. The molecule has 0 radical (unpaired) electrons. The second-order valence-electron chi connectivity index (χ2n) is 6.00. The number of carbonyl (C=O) groups is 2. The molecule has 1 aliphatic rings. The van der Waals surface area contributed by atoms with Crippen molar-refractivity contribution in [2.75, 3.05) is 0 Å². The number of aromatic nitrogens is 3. The van der Waals surface area contributed by atoms with Crippen LogP contribution in [0.5, 0.6) is 0 Å². The average molecular weight is 284 g/mol. The summed E-state index contributed by atoms with van der Waals surface area (Å²) in [5.74, 6) is 0.0372. The van der Waals surface area contributed by atoms with E-state index in [1.807, 2.05) is 20.8 Å². The summed E-state index contributed by atoms with van der Waals surface area (Å²) >= 11 is 0. The minimum absolute atomic E-state index is 0.129. The first kappa shape index (κ1) is 13.5. The van der Waals surface area contributed by atoms with Crippen LogP contribution < -0.4 is 0 Å². The summed E-state index contributed by atoms with van der Waals surface area (Å²) in [7, 11) is 0. The Morgan fingerprint density at radius 1 is 1.05 bits per heavy atom. The molecule has 0 spiro atoms. The Morgan fingerprint density at radius 2 is 1.62 bits per heavy atom. The zero-order valence-electron chi connectivity index (χ0n) is 12.2. The molecule has 6 nitrogen and oxygen atoms in total. The van der Waals surface area contributed by atoms with E-state index in [-0.39, 0.29) is 23.9 Å². The van der Waals surface area contributed by atoms with Gasteiger partial charge in [-0.05, 0) is 32.9 Å². The lowest BCUT2D eigenvalue weighted by Gasteiger charge is -2.22. The van der Waals surface area contributed by atoms with Crippen LogP contribution in [0.3, 0.4) is 0 Å². The normalized spacial score (nSPS) is 14.7. The van der Waals surface area contributed by atoms with Crippen molar-refractivity contribution < 1.29 is 9.59 Å². The van der Waals surface area contributed by atoms with E-state index in [4.69, 9.17) is 0 Å². The molecule has 0 unspecified atom stereocenters. The summed E-state index contributed by atoms with van der Waals surface area (Å²) in [6, 6.07) is 6.85. The Hall–Kier alpha value is -2.50. The van der Waals surface area contributed by atoms with Crippen LogP contribution in [0.25, 0.3) is 0 Å². The first-order chi connectivity index (χ1) is 9.89. The van der Waals surface area contributed by atoms with Crippen LogP contribution in [0.4, 0.5) is 0 Å². The van der Waals surface area contributed by atoms with Crippen molar-refractivity contribution in [3.63, 3.8) is 0 Å². The van der Waals surface area contributed by atoms with Gasteiger partial charge < -0.3 is 0 Å². The van der Waals surface area contributed by atoms with Gasteiger partial charge in [0.25, 0.3) is 11.8 Å². The topological polar surface area (TPSA) is 68.1 Å². The molecule has 21 heavy (non-hydrogen) atoms. The van der Waals surface area contributed by atoms with E-state index in [9.17, 15) is 9.59 Å². The van der Waals surface area contributed by atoms with Crippen molar-refractivity contribution in [1.82, 2.24) is 19.7 Å². The Kier molecular flexibility index (Phi) is 2.90. The van der Waals surface area contributed by atoms with E-state index in [1.54, 1.807) is 28.9 Å². The molecule has 2 heterocycles. The number of carbonyl (C=O) groups excluding carboxylic acids is 2. The van der Waals surface area contributed by atoms with Crippen LogP contribution in [0.15, 0.2) is 30.6 Å². The van der Waals surface area contributed by atoms with E-state index in [2.05, 4.69) is 10.1 Å². The maximum Gasteiger partial charge on any atom is 0.261 e. The highest BCUT2D eigenvalue weighted by Gasteiger charge is 2.36. The highest BCUT2D eigenvalue weighted by atomic mass is 16.2.